The molecule has 1 rings (SSSR count). The lowest BCUT2D eigenvalue weighted by Gasteiger charge is -2.21. The average Bonchev–Trinajstić information content (AvgIpc) is 2.54. The first kappa shape index (κ1) is 17.6. The maximum absolute atomic E-state index is 11.5. The Hall–Kier alpha value is -2.47. The summed E-state index contributed by atoms with van der Waals surface area (Å²) < 4.78 is 9.91. The molecule has 3 nitrogen and oxygen atoms in total. The summed E-state index contributed by atoms with van der Waals surface area (Å²) in [7, 11) is 1.29. The Bertz CT molecular complexity index is 549. The molecule has 3 heteroatoms. The van der Waals surface area contributed by atoms with Gasteiger partial charge in [-0.25, -0.2) is 4.79 Å². The summed E-state index contributed by atoms with van der Waals surface area (Å²) in [6.07, 6.45) is 5.56. The number of benzene rings is 1. The molecule has 0 saturated heterocycles. The summed E-state index contributed by atoms with van der Waals surface area (Å²) in [5, 5.41) is 0. The van der Waals surface area contributed by atoms with Crippen LogP contribution < -0.4 is 0 Å². The van der Waals surface area contributed by atoms with E-state index in [-0.39, 0.29) is 5.92 Å². The lowest BCUT2D eigenvalue weighted by atomic mass is 9.91. The molecule has 1 aromatic carbocycles. The molecule has 0 aliphatic carbocycles. The number of carbonyl (C=O) groups is 1. The van der Waals surface area contributed by atoms with Gasteiger partial charge >= 0.3 is 6.16 Å². The molecule has 0 fully saturated rings. The van der Waals surface area contributed by atoms with Crippen LogP contribution in [0.3, 0.4) is 0 Å². The predicted octanol–water partition coefficient (Wildman–Crippen LogP) is 4.15. The molecular formula is C19H22O3. The quantitative estimate of drug-likeness (QED) is 0.449. The summed E-state index contributed by atoms with van der Waals surface area (Å²) in [4.78, 5) is 11.5. The van der Waals surface area contributed by atoms with Gasteiger partial charge in [-0.3, -0.25) is 0 Å². The van der Waals surface area contributed by atoms with Gasteiger partial charge in [0.2, 0.25) is 0 Å². The van der Waals surface area contributed by atoms with Crippen LogP contribution in [0, 0.1) is 17.8 Å². The van der Waals surface area contributed by atoms with Gasteiger partial charge in [0.05, 0.1) is 7.11 Å². The van der Waals surface area contributed by atoms with Gasteiger partial charge in [0.1, 0.15) is 0 Å². The molecule has 0 aliphatic heterocycles. The number of methoxy groups -OCH3 is 1. The monoisotopic (exact) mass is 298 g/mol. The van der Waals surface area contributed by atoms with Gasteiger partial charge in [0, 0.05) is 5.92 Å². The van der Waals surface area contributed by atoms with Crippen molar-refractivity contribution >= 4 is 6.16 Å². The fourth-order valence-corrected chi connectivity index (χ4v) is 2.05. The minimum Gasteiger partial charge on any atom is -0.438 e. The zero-order valence-electron chi connectivity index (χ0n) is 13.1. The Morgan fingerprint density at radius 3 is 2.68 bits per heavy atom. The third kappa shape index (κ3) is 6.32. The number of hydrogen-bond acceptors (Lipinski definition) is 3. The highest BCUT2D eigenvalue weighted by atomic mass is 16.7. The van der Waals surface area contributed by atoms with Crippen LogP contribution in [0.5, 0.6) is 0 Å². The normalized spacial score (nSPS) is 12.8. The molecule has 0 aliphatic rings. The van der Waals surface area contributed by atoms with Gasteiger partial charge in [-0.1, -0.05) is 54.3 Å². The number of allylic oxidation sites excluding steroid dienone is 3. The SMILES string of the molecule is C=CCC(Cc1ccccc1)C(C#C/C=C/C)OC(=O)OC. The molecule has 0 saturated carbocycles. The molecular weight excluding hydrogens is 276 g/mol. The van der Waals surface area contributed by atoms with E-state index in [0.29, 0.717) is 6.42 Å². The average molecular weight is 298 g/mol. The van der Waals surface area contributed by atoms with Crippen molar-refractivity contribution in [1.29, 1.82) is 0 Å². The first-order valence-corrected chi connectivity index (χ1v) is 7.22. The van der Waals surface area contributed by atoms with Gasteiger partial charge < -0.3 is 9.47 Å². The van der Waals surface area contributed by atoms with Crippen molar-refractivity contribution < 1.29 is 14.3 Å². The van der Waals surface area contributed by atoms with Crippen molar-refractivity contribution in [2.75, 3.05) is 7.11 Å². The number of ether oxygens (including phenoxy) is 2. The van der Waals surface area contributed by atoms with Crippen LogP contribution in [0.15, 0.2) is 55.1 Å². The van der Waals surface area contributed by atoms with Crippen LogP contribution in [-0.4, -0.2) is 19.4 Å². The first-order valence-electron chi connectivity index (χ1n) is 7.22. The van der Waals surface area contributed by atoms with E-state index in [1.165, 1.54) is 12.7 Å². The molecule has 2 atom stereocenters. The summed E-state index contributed by atoms with van der Waals surface area (Å²) in [6, 6.07) is 10.0. The summed E-state index contributed by atoms with van der Waals surface area (Å²) in [5.41, 5.74) is 1.17. The van der Waals surface area contributed by atoms with E-state index in [4.69, 9.17) is 4.74 Å². The Morgan fingerprint density at radius 1 is 1.36 bits per heavy atom. The zero-order valence-corrected chi connectivity index (χ0v) is 13.1. The molecule has 22 heavy (non-hydrogen) atoms. The van der Waals surface area contributed by atoms with Gasteiger partial charge in [0.15, 0.2) is 6.10 Å². The standard InChI is InChI=1S/C19H22O3/c1-4-6-8-14-18(22-19(20)21-3)17(11-5-2)15-16-12-9-7-10-13-16/h4-7,9-10,12-13,17-18H,2,11,15H2,1,3H3/b6-4+. The lowest BCUT2D eigenvalue weighted by Crippen LogP contribution is -2.27. The number of carbonyl (C=O) groups excluding carboxylic acids is 1. The van der Waals surface area contributed by atoms with Crippen molar-refractivity contribution in [3.8, 4) is 11.8 Å². The zero-order chi connectivity index (χ0) is 16.2. The van der Waals surface area contributed by atoms with E-state index in [1.807, 2.05) is 49.4 Å². The molecule has 0 heterocycles. The van der Waals surface area contributed by atoms with Crippen LogP contribution >= 0.6 is 0 Å². The van der Waals surface area contributed by atoms with E-state index < -0.39 is 12.3 Å². The molecule has 1 aromatic rings. The van der Waals surface area contributed by atoms with Crippen molar-refractivity contribution in [3.63, 3.8) is 0 Å². The maximum atomic E-state index is 11.5. The topological polar surface area (TPSA) is 35.5 Å². The maximum Gasteiger partial charge on any atom is 0.509 e. The van der Waals surface area contributed by atoms with Gasteiger partial charge in [-0.15, -0.1) is 6.58 Å². The second-order valence-electron chi connectivity index (χ2n) is 4.76. The molecule has 0 aromatic heterocycles. The van der Waals surface area contributed by atoms with E-state index >= 15 is 0 Å². The largest absolute Gasteiger partial charge is 0.509 e. The minimum atomic E-state index is -0.720. The molecule has 116 valence electrons. The highest BCUT2D eigenvalue weighted by Crippen LogP contribution is 2.19. The summed E-state index contributed by atoms with van der Waals surface area (Å²) in [5.74, 6) is 5.90. The predicted molar refractivity (Wildman–Crippen MR) is 88.3 cm³/mol. The van der Waals surface area contributed by atoms with Crippen LogP contribution in [-0.2, 0) is 15.9 Å². The highest BCUT2D eigenvalue weighted by molar-refractivity contribution is 5.60. The second kappa shape index (κ2) is 10.3. The molecule has 0 N–H and O–H groups in total. The lowest BCUT2D eigenvalue weighted by molar-refractivity contribution is 0.0364. The Labute approximate surface area is 132 Å². The van der Waals surface area contributed by atoms with Gasteiger partial charge in [-0.2, -0.15) is 0 Å². The summed E-state index contributed by atoms with van der Waals surface area (Å²) >= 11 is 0. The van der Waals surface area contributed by atoms with Crippen LogP contribution in [0.4, 0.5) is 4.79 Å². The minimum absolute atomic E-state index is 0.0248. The highest BCUT2D eigenvalue weighted by Gasteiger charge is 2.23. The number of hydrogen-bond donors (Lipinski definition) is 0. The van der Waals surface area contributed by atoms with Crippen LogP contribution in [0.2, 0.25) is 0 Å². The smallest absolute Gasteiger partial charge is 0.438 e. The molecule has 0 spiro atoms. The molecule has 0 bridgehead atoms. The van der Waals surface area contributed by atoms with E-state index in [1.54, 1.807) is 6.08 Å². The second-order valence-corrected chi connectivity index (χ2v) is 4.76. The molecule has 0 radical (unpaired) electrons. The van der Waals surface area contributed by atoms with Gasteiger partial charge in [-0.05, 0) is 31.4 Å². The fourth-order valence-electron chi connectivity index (χ4n) is 2.05. The molecule has 2 unspecified atom stereocenters. The molecule has 0 amide bonds. The van der Waals surface area contributed by atoms with Crippen molar-refractivity contribution in [3.05, 3.63) is 60.7 Å². The third-order valence-electron chi connectivity index (χ3n) is 3.10. The van der Waals surface area contributed by atoms with Crippen molar-refractivity contribution in [1.82, 2.24) is 0 Å². The number of rotatable bonds is 6. The fraction of sp³-hybridized carbons (Fsp3) is 0.316. The van der Waals surface area contributed by atoms with Crippen molar-refractivity contribution in [2.45, 2.75) is 25.9 Å². The van der Waals surface area contributed by atoms with Crippen LogP contribution in [0.1, 0.15) is 18.9 Å². The third-order valence-corrected chi connectivity index (χ3v) is 3.10. The summed E-state index contributed by atoms with van der Waals surface area (Å²) in [6.45, 7) is 5.67. The Balaban J connectivity index is 2.94. The Kier molecular flexibility index (Phi) is 8.22. The van der Waals surface area contributed by atoms with E-state index in [0.717, 1.165) is 6.42 Å². The first-order chi connectivity index (χ1) is 10.7. The Morgan fingerprint density at radius 2 is 2.09 bits per heavy atom. The van der Waals surface area contributed by atoms with Crippen LogP contribution in [0.25, 0.3) is 0 Å². The van der Waals surface area contributed by atoms with E-state index in [9.17, 15) is 4.79 Å². The van der Waals surface area contributed by atoms with Gasteiger partial charge in [0.25, 0.3) is 0 Å². The van der Waals surface area contributed by atoms with E-state index in [2.05, 4.69) is 23.2 Å². The van der Waals surface area contributed by atoms with Crippen molar-refractivity contribution in [2.24, 2.45) is 5.92 Å².